The van der Waals surface area contributed by atoms with E-state index in [0.717, 1.165) is 16.7 Å². The van der Waals surface area contributed by atoms with Crippen LogP contribution in [0.4, 0.5) is 4.79 Å². The summed E-state index contributed by atoms with van der Waals surface area (Å²) in [5.41, 5.74) is 0.571. The molecule has 0 saturated heterocycles. The van der Waals surface area contributed by atoms with Crippen LogP contribution in [-0.4, -0.2) is 58.7 Å². The number of hydrogen-bond donors (Lipinski definition) is 4. The van der Waals surface area contributed by atoms with E-state index >= 15 is 0 Å². The molecule has 11 heteroatoms. The van der Waals surface area contributed by atoms with Crippen LogP contribution < -0.4 is 5.32 Å². The van der Waals surface area contributed by atoms with E-state index in [9.17, 15) is 24.7 Å². The molecule has 4 N–H and O–H groups in total. The van der Waals surface area contributed by atoms with Gasteiger partial charge in [0.1, 0.15) is 12.1 Å². The maximum absolute atomic E-state index is 13.8. The smallest absolute Gasteiger partial charge is 0.408 e. The molecule has 1 amide bonds. The summed E-state index contributed by atoms with van der Waals surface area (Å²) in [7, 11) is -4.18. The third-order valence-electron chi connectivity index (χ3n) is 6.06. The highest BCUT2D eigenvalue weighted by Crippen LogP contribution is 2.55. The van der Waals surface area contributed by atoms with E-state index in [2.05, 4.69) is 5.32 Å². The van der Waals surface area contributed by atoms with Gasteiger partial charge in [0.2, 0.25) is 0 Å². The second-order valence-electron chi connectivity index (χ2n) is 9.27. The molecule has 0 aromatic heterocycles. The fourth-order valence-corrected chi connectivity index (χ4v) is 5.17. The zero-order valence-electron chi connectivity index (χ0n) is 22.3. The van der Waals surface area contributed by atoms with Gasteiger partial charge in [-0.2, -0.15) is 0 Å². The second-order valence-corrected chi connectivity index (χ2v) is 11.4. The maximum Gasteiger partial charge on any atom is 0.408 e. The zero-order valence-corrected chi connectivity index (χ0v) is 23.2. The molecule has 0 radical (unpaired) electrons. The van der Waals surface area contributed by atoms with Gasteiger partial charge in [-0.1, -0.05) is 91.0 Å². The highest BCUT2D eigenvalue weighted by atomic mass is 31.2. The van der Waals surface area contributed by atoms with Gasteiger partial charge in [-0.05, 0) is 23.6 Å². The van der Waals surface area contributed by atoms with Crippen LogP contribution in [0.5, 0.6) is 0 Å². The Morgan fingerprint density at radius 3 is 1.65 bits per heavy atom. The number of aliphatic hydroxyl groups excluding tert-OH is 3. The van der Waals surface area contributed by atoms with Crippen LogP contribution in [0, 0.1) is 0 Å². The minimum Gasteiger partial charge on any atom is -0.445 e. The first kappa shape index (κ1) is 31.4. The van der Waals surface area contributed by atoms with E-state index in [1.54, 1.807) is 72.8 Å². The van der Waals surface area contributed by atoms with Crippen LogP contribution in [0.15, 0.2) is 91.0 Å². The van der Waals surface area contributed by atoms with Crippen molar-refractivity contribution in [3.8, 4) is 0 Å². The normalized spacial score (nSPS) is 13.4. The molecule has 2 atom stereocenters. The predicted molar refractivity (Wildman–Crippen MR) is 148 cm³/mol. The van der Waals surface area contributed by atoms with Crippen molar-refractivity contribution in [2.75, 3.05) is 19.8 Å². The quantitative estimate of drug-likeness (QED) is 0.187. The van der Waals surface area contributed by atoms with Crippen LogP contribution >= 0.6 is 7.60 Å². The molecule has 3 aromatic rings. The van der Waals surface area contributed by atoms with E-state index in [0.29, 0.717) is 0 Å². The number of alkyl carbamates (subject to hydrolysis) is 1. The Balaban J connectivity index is 1.64. The molecule has 3 rings (SSSR count). The molecule has 0 saturated carbocycles. The van der Waals surface area contributed by atoms with E-state index in [1.807, 2.05) is 18.2 Å². The highest BCUT2D eigenvalue weighted by molar-refractivity contribution is 7.54. The largest absolute Gasteiger partial charge is 0.445 e. The summed E-state index contributed by atoms with van der Waals surface area (Å²) in [4.78, 5) is 12.4. The first-order valence-electron chi connectivity index (χ1n) is 12.8. The monoisotopic (exact) mass is 573 g/mol. The van der Waals surface area contributed by atoms with E-state index in [-0.39, 0.29) is 19.8 Å². The van der Waals surface area contributed by atoms with E-state index in [1.165, 1.54) is 6.92 Å². The van der Waals surface area contributed by atoms with Crippen molar-refractivity contribution >= 4 is 13.7 Å². The van der Waals surface area contributed by atoms with Gasteiger partial charge in [-0.25, -0.2) is 4.79 Å². The number of nitrogens with one attached hydrogen (secondary N) is 1. The Morgan fingerprint density at radius 2 is 1.23 bits per heavy atom. The fraction of sp³-hybridized carbons (Fsp3) is 0.345. The van der Waals surface area contributed by atoms with Crippen molar-refractivity contribution in [2.45, 2.75) is 44.2 Å². The summed E-state index contributed by atoms with van der Waals surface area (Å²) < 4.78 is 36.0. The average Bonchev–Trinajstić information content (AvgIpc) is 3.01. The number of carbonyl (C=O) groups excluding carboxylic acids is 1. The summed E-state index contributed by atoms with van der Waals surface area (Å²) in [6.07, 6.45) is -2.02. The van der Waals surface area contributed by atoms with Gasteiger partial charge in [-0.3, -0.25) is 4.57 Å². The van der Waals surface area contributed by atoms with Crippen molar-refractivity contribution in [3.63, 3.8) is 0 Å². The number of ether oxygens (including phenoxy) is 2. The van der Waals surface area contributed by atoms with E-state index in [4.69, 9.17) is 18.5 Å². The average molecular weight is 574 g/mol. The summed E-state index contributed by atoms with van der Waals surface area (Å²) in [6, 6.07) is 27.0. The van der Waals surface area contributed by atoms with Crippen molar-refractivity contribution < 1.29 is 43.2 Å². The van der Waals surface area contributed by atoms with Gasteiger partial charge >= 0.3 is 13.7 Å². The van der Waals surface area contributed by atoms with Crippen LogP contribution in [-0.2, 0) is 42.9 Å². The third-order valence-corrected chi connectivity index (χ3v) is 8.11. The summed E-state index contributed by atoms with van der Waals surface area (Å²) >= 11 is 0. The van der Waals surface area contributed by atoms with Crippen molar-refractivity contribution in [2.24, 2.45) is 0 Å². The first-order chi connectivity index (χ1) is 19.3. The van der Waals surface area contributed by atoms with Gasteiger partial charge in [0.05, 0.1) is 39.1 Å². The molecular weight excluding hydrogens is 537 g/mol. The number of amides is 1. The van der Waals surface area contributed by atoms with Gasteiger partial charge in [-0.15, -0.1) is 0 Å². The Hall–Kier alpha value is -3.08. The number of rotatable bonds is 16. The minimum atomic E-state index is -4.18. The Morgan fingerprint density at radius 1 is 0.800 bits per heavy atom. The third kappa shape index (κ3) is 9.53. The summed E-state index contributed by atoms with van der Waals surface area (Å²) in [5, 5.41) is 33.4. The van der Waals surface area contributed by atoms with Crippen LogP contribution in [0.1, 0.15) is 23.6 Å². The molecule has 216 valence electrons. The number of carbonyl (C=O) groups is 1. The number of hydrogen-bond acceptors (Lipinski definition) is 9. The van der Waals surface area contributed by atoms with Crippen LogP contribution in [0.3, 0.4) is 0 Å². The molecule has 0 bridgehead atoms. The molecular formula is C29H36NO9P. The lowest BCUT2D eigenvalue weighted by Gasteiger charge is -2.33. The molecule has 0 fully saturated rings. The molecule has 0 spiro atoms. The fourth-order valence-electron chi connectivity index (χ4n) is 3.53. The highest BCUT2D eigenvalue weighted by Gasteiger charge is 2.41. The minimum absolute atomic E-state index is 0.0176. The topological polar surface area (TPSA) is 144 Å². The molecule has 40 heavy (non-hydrogen) atoms. The first-order valence-corrected chi connectivity index (χ1v) is 14.4. The molecule has 0 aliphatic heterocycles. The predicted octanol–water partition coefficient (Wildman–Crippen LogP) is 3.99. The van der Waals surface area contributed by atoms with Gasteiger partial charge < -0.3 is 39.2 Å². The summed E-state index contributed by atoms with van der Waals surface area (Å²) in [5.74, 6) is -1.72. The lowest BCUT2D eigenvalue weighted by Crippen LogP contribution is -2.58. The Bertz CT molecular complexity index is 1150. The lowest BCUT2D eigenvalue weighted by atomic mass is 10.0. The van der Waals surface area contributed by atoms with E-state index < -0.39 is 51.0 Å². The van der Waals surface area contributed by atoms with Crippen molar-refractivity contribution in [3.05, 3.63) is 108 Å². The molecule has 0 heterocycles. The molecule has 10 nitrogen and oxygen atoms in total. The Kier molecular flexibility index (Phi) is 12.3. The molecule has 2 unspecified atom stereocenters. The molecule has 0 aliphatic rings. The SMILES string of the molecule is CC(OCC(CO)(CO)NC(=O)OCc1ccccc1)C(O)P(=O)(OCc1ccccc1)OCc1ccccc1. The summed E-state index contributed by atoms with van der Waals surface area (Å²) in [6.45, 7) is -0.557. The van der Waals surface area contributed by atoms with Crippen molar-refractivity contribution in [1.29, 1.82) is 0 Å². The van der Waals surface area contributed by atoms with Gasteiger partial charge in [0, 0.05) is 0 Å². The Labute approximate surface area is 234 Å². The second kappa shape index (κ2) is 15.6. The molecule has 3 aromatic carbocycles. The van der Waals surface area contributed by atoms with Crippen molar-refractivity contribution in [1.82, 2.24) is 5.32 Å². The number of benzene rings is 3. The molecule has 0 aliphatic carbocycles. The maximum atomic E-state index is 13.8. The van der Waals surface area contributed by atoms with Crippen LogP contribution in [0.25, 0.3) is 0 Å². The lowest BCUT2D eigenvalue weighted by molar-refractivity contribution is -0.0556. The standard InChI is InChI=1S/C29H36NO9P/c1-23(37-22-29(20-31,21-32)30-28(34)36-17-24-11-5-2-6-12-24)27(33)40(35,38-18-25-13-7-3-8-14-25)39-19-26-15-9-4-10-16-26/h2-16,23,27,31-33H,17-22H2,1H3,(H,30,34). The number of aliphatic hydroxyl groups is 3. The van der Waals surface area contributed by atoms with Gasteiger partial charge in [0.25, 0.3) is 0 Å². The zero-order chi connectivity index (χ0) is 28.8. The van der Waals surface area contributed by atoms with Crippen LogP contribution in [0.2, 0.25) is 0 Å². The van der Waals surface area contributed by atoms with Gasteiger partial charge in [0.15, 0.2) is 5.85 Å².